The van der Waals surface area contributed by atoms with Gasteiger partial charge in [-0.05, 0) is 48.3 Å². The van der Waals surface area contributed by atoms with Gasteiger partial charge in [0.15, 0.2) is 0 Å². The Labute approximate surface area is 118 Å². The summed E-state index contributed by atoms with van der Waals surface area (Å²) in [6, 6.07) is 6.83. The van der Waals surface area contributed by atoms with E-state index in [1.54, 1.807) is 7.11 Å². The van der Waals surface area contributed by atoms with Gasteiger partial charge in [0.25, 0.3) is 0 Å². The summed E-state index contributed by atoms with van der Waals surface area (Å²) in [5.41, 5.74) is 8.63. The fourth-order valence-electron chi connectivity index (χ4n) is 2.59. The van der Waals surface area contributed by atoms with E-state index in [9.17, 15) is 0 Å². The second-order valence-corrected chi connectivity index (χ2v) is 6.81. The Morgan fingerprint density at radius 1 is 1.21 bits per heavy atom. The molecule has 0 heterocycles. The molecule has 2 atom stereocenters. The molecule has 0 saturated heterocycles. The molecule has 2 unspecified atom stereocenters. The van der Waals surface area contributed by atoms with Crippen LogP contribution in [0.1, 0.15) is 52.2 Å². The van der Waals surface area contributed by atoms with Gasteiger partial charge in [0.1, 0.15) is 5.75 Å². The summed E-state index contributed by atoms with van der Waals surface area (Å²) >= 11 is 0. The summed E-state index contributed by atoms with van der Waals surface area (Å²) in [5, 5.41) is 0. The smallest absolute Gasteiger partial charge is 0.122 e. The number of ether oxygens (including phenoxy) is 1. The average Bonchev–Trinajstić information content (AvgIpc) is 2.26. The van der Waals surface area contributed by atoms with Gasteiger partial charge in [-0.3, -0.25) is 0 Å². The highest BCUT2D eigenvalue weighted by atomic mass is 16.5. The molecule has 108 valence electrons. The SMILES string of the molecule is COc1ccc(CC(C)CC(C)N)cc1C(C)(C)C. The molecule has 1 aromatic rings. The van der Waals surface area contributed by atoms with E-state index in [0.717, 1.165) is 18.6 Å². The van der Waals surface area contributed by atoms with Gasteiger partial charge in [0, 0.05) is 6.04 Å². The number of nitrogens with two attached hydrogens (primary N) is 1. The minimum atomic E-state index is 0.103. The lowest BCUT2D eigenvalue weighted by atomic mass is 9.84. The highest BCUT2D eigenvalue weighted by molar-refractivity contribution is 5.41. The third-order valence-corrected chi connectivity index (χ3v) is 3.43. The van der Waals surface area contributed by atoms with E-state index in [4.69, 9.17) is 10.5 Å². The molecule has 0 aliphatic carbocycles. The lowest BCUT2D eigenvalue weighted by molar-refractivity contribution is 0.397. The zero-order valence-corrected chi connectivity index (χ0v) is 13.3. The van der Waals surface area contributed by atoms with Crippen LogP contribution in [0.25, 0.3) is 0 Å². The van der Waals surface area contributed by atoms with E-state index in [2.05, 4.69) is 52.8 Å². The van der Waals surface area contributed by atoms with Gasteiger partial charge < -0.3 is 10.5 Å². The van der Waals surface area contributed by atoms with E-state index in [1.807, 2.05) is 0 Å². The molecule has 0 aromatic heterocycles. The molecule has 1 aromatic carbocycles. The van der Waals surface area contributed by atoms with Crippen LogP contribution in [0.15, 0.2) is 18.2 Å². The second-order valence-electron chi connectivity index (χ2n) is 6.81. The maximum atomic E-state index is 5.87. The lowest BCUT2D eigenvalue weighted by Gasteiger charge is -2.23. The van der Waals surface area contributed by atoms with E-state index >= 15 is 0 Å². The van der Waals surface area contributed by atoms with Crippen LogP contribution < -0.4 is 10.5 Å². The Kier molecular flexibility index (Phi) is 5.42. The third kappa shape index (κ3) is 4.87. The van der Waals surface area contributed by atoms with Crippen LogP contribution >= 0.6 is 0 Å². The van der Waals surface area contributed by atoms with E-state index in [1.165, 1.54) is 11.1 Å². The van der Waals surface area contributed by atoms with Crippen molar-refractivity contribution in [1.82, 2.24) is 0 Å². The molecule has 0 amide bonds. The molecule has 0 aliphatic heterocycles. The zero-order valence-electron chi connectivity index (χ0n) is 13.3. The van der Waals surface area contributed by atoms with Crippen molar-refractivity contribution in [2.45, 2.75) is 58.9 Å². The molecule has 0 radical (unpaired) electrons. The number of hydrogen-bond acceptors (Lipinski definition) is 2. The number of rotatable bonds is 5. The number of benzene rings is 1. The summed E-state index contributed by atoms with van der Waals surface area (Å²) in [4.78, 5) is 0. The van der Waals surface area contributed by atoms with Crippen molar-refractivity contribution < 1.29 is 4.74 Å². The first-order valence-electron chi connectivity index (χ1n) is 7.17. The fraction of sp³-hybridized carbons (Fsp3) is 0.647. The van der Waals surface area contributed by atoms with Crippen molar-refractivity contribution >= 4 is 0 Å². The van der Waals surface area contributed by atoms with Gasteiger partial charge >= 0.3 is 0 Å². The molecule has 2 nitrogen and oxygen atoms in total. The normalized spacial score (nSPS) is 15.1. The summed E-state index contributed by atoms with van der Waals surface area (Å²) in [7, 11) is 1.74. The van der Waals surface area contributed by atoms with E-state index in [0.29, 0.717) is 5.92 Å². The Morgan fingerprint density at radius 2 is 1.84 bits per heavy atom. The van der Waals surface area contributed by atoms with Gasteiger partial charge in [0.2, 0.25) is 0 Å². The van der Waals surface area contributed by atoms with E-state index < -0.39 is 0 Å². The minimum Gasteiger partial charge on any atom is -0.496 e. The first kappa shape index (κ1) is 16.0. The summed E-state index contributed by atoms with van der Waals surface area (Å²) in [5.74, 6) is 1.59. The molecule has 19 heavy (non-hydrogen) atoms. The first-order valence-corrected chi connectivity index (χ1v) is 7.17. The van der Waals surface area contributed by atoms with E-state index in [-0.39, 0.29) is 11.5 Å². The quantitative estimate of drug-likeness (QED) is 0.874. The molecular weight excluding hydrogens is 234 g/mol. The van der Waals surface area contributed by atoms with Gasteiger partial charge in [-0.25, -0.2) is 0 Å². The highest BCUT2D eigenvalue weighted by Crippen LogP contribution is 2.32. The van der Waals surface area contributed by atoms with Crippen LogP contribution in [0.3, 0.4) is 0 Å². The van der Waals surface area contributed by atoms with Crippen molar-refractivity contribution in [3.8, 4) is 5.75 Å². The van der Waals surface area contributed by atoms with Gasteiger partial charge in [-0.1, -0.05) is 39.8 Å². The summed E-state index contributed by atoms with van der Waals surface area (Å²) in [6.45, 7) is 11.0. The topological polar surface area (TPSA) is 35.2 Å². The van der Waals surface area contributed by atoms with Crippen LogP contribution in [0.5, 0.6) is 5.75 Å². The van der Waals surface area contributed by atoms with Crippen molar-refractivity contribution in [2.75, 3.05) is 7.11 Å². The first-order chi connectivity index (χ1) is 8.74. The molecule has 0 aliphatic rings. The van der Waals surface area contributed by atoms with Crippen LogP contribution in [0, 0.1) is 5.92 Å². The standard InChI is InChI=1S/C17H29NO/c1-12(9-13(2)18)10-14-7-8-16(19-6)15(11-14)17(3,4)5/h7-8,11-13H,9-10,18H2,1-6H3. The monoisotopic (exact) mass is 263 g/mol. The maximum Gasteiger partial charge on any atom is 0.122 e. The van der Waals surface area contributed by atoms with Crippen LogP contribution in [0.4, 0.5) is 0 Å². The minimum absolute atomic E-state index is 0.103. The Morgan fingerprint density at radius 3 is 2.32 bits per heavy atom. The zero-order chi connectivity index (χ0) is 14.6. The van der Waals surface area contributed by atoms with Crippen LogP contribution in [-0.4, -0.2) is 13.2 Å². The maximum absolute atomic E-state index is 5.87. The van der Waals surface area contributed by atoms with Gasteiger partial charge in [-0.15, -0.1) is 0 Å². The molecule has 0 saturated carbocycles. The van der Waals surface area contributed by atoms with Crippen LogP contribution in [-0.2, 0) is 11.8 Å². The van der Waals surface area contributed by atoms with Crippen molar-refractivity contribution in [3.63, 3.8) is 0 Å². The predicted octanol–water partition coefficient (Wildman–Crippen LogP) is 3.91. The highest BCUT2D eigenvalue weighted by Gasteiger charge is 2.19. The predicted molar refractivity (Wildman–Crippen MR) is 82.8 cm³/mol. The molecular formula is C17H29NO. The molecule has 2 heteroatoms. The number of hydrogen-bond donors (Lipinski definition) is 1. The molecule has 0 bridgehead atoms. The van der Waals surface area contributed by atoms with Crippen molar-refractivity contribution in [3.05, 3.63) is 29.3 Å². The Hall–Kier alpha value is -1.02. The largest absolute Gasteiger partial charge is 0.496 e. The molecule has 1 rings (SSSR count). The molecule has 0 spiro atoms. The Balaban J connectivity index is 2.93. The molecule has 2 N–H and O–H groups in total. The van der Waals surface area contributed by atoms with Gasteiger partial charge in [-0.2, -0.15) is 0 Å². The average molecular weight is 263 g/mol. The lowest BCUT2D eigenvalue weighted by Crippen LogP contribution is -2.19. The van der Waals surface area contributed by atoms with Crippen molar-refractivity contribution in [1.29, 1.82) is 0 Å². The van der Waals surface area contributed by atoms with Gasteiger partial charge in [0.05, 0.1) is 7.11 Å². The fourth-order valence-corrected chi connectivity index (χ4v) is 2.59. The Bertz CT molecular complexity index is 404. The van der Waals surface area contributed by atoms with Crippen molar-refractivity contribution in [2.24, 2.45) is 11.7 Å². The summed E-state index contributed by atoms with van der Waals surface area (Å²) < 4.78 is 5.48. The second kappa shape index (κ2) is 6.42. The third-order valence-electron chi connectivity index (χ3n) is 3.43. The van der Waals surface area contributed by atoms with Crippen LogP contribution in [0.2, 0.25) is 0 Å². The number of methoxy groups -OCH3 is 1. The summed E-state index contributed by atoms with van der Waals surface area (Å²) in [6.07, 6.45) is 2.14. The molecule has 0 fully saturated rings.